The number of rotatable bonds is 3. The Hall–Kier alpha value is -1.96. The predicted molar refractivity (Wildman–Crippen MR) is 103 cm³/mol. The highest BCUT2D eigenvalue weighted by molar-refractivity contribution is 7.92. The number of nitrogens with one attached hydrogen (secondary N) is 1. The molecule has 0 radical (unpaired) electrons. The van der Waals surface area contributed by atoms with Gasteiger partial charge in [0.25, 0.3) is 5.91 Å². The molecule has 1 unspecified atom stereocenters. The summed E-state index contributed by atoms with van der Waals surface area (Å²) in [6.45, 7) is 1.66. The smallest absolute Gasteiger partial charge is 0.267 e. The van der Waals surface area contributed by atoms with Gasteiger partial charge in [-0.25, -0.2) is 8.42 Å². The first-order chi connectivity index (χ1) is 12.1. The van der Waals surface area contributed by atoms with Crippen molar-refractivity contribution in [1.82, 2.24) is 0 Å². The molecule has 1 amide bonds. The summed E-state index contributed by atoms with van der Waals surface area (Å²) in [6.07, 6.45) is 0.0647. The minimum atomic E-state index is -3.61. The number of carbonyl (C=O) groups is 1. The lowest BCUT2D eigenvalue weighted by molar-refractivity contribution is -0.122. The Morgan fingerprint density at radius 1 is 1.19 bits per heavy atom. The van der Waals surface area contributed by atoms with Gasteiger partial charge in [0.15, 0.2) is 6.10 Å². The van der Waals surface area contributed by atoms with E-state index in [9.17, 15) is 13.2 Å². The van der Waals surface area contributed by atoms with E-state index < -0.39 is 22.0 Å². The van der Waals surface area contributed by atoms with Crippen molar-refractivity contribution in [3.05, 3.63) is 52.0 Å². The zero-order valence-corrected chi connectivity index (χ0v) is 16.3. The van der Waals surface area contributed by atoms with Gasteiger partial charge in [-0.3, -0.25) is 9.10 Å². The predicted octanol–water partition coefficient (Wildman–Crippen LogP) is 3.47. The van der Waals surface area contributed by atoms with Gasteiger partial charge in [0.1, 0.15) is 5.75 Å². The van der Waals surface area contributed by atoms with E-state index in [0.29, 0.717) is 21.4 Å². The molecule has 2 aromatic rings. The summed E-state index contributed by atoms with van der Waals surface area (Å²) in [6, 6.07) is 9.67. The molecule has 1 aliphatic heterocycles. The number of ether oxygens (including phenoxy) is 1. The second-order valence-electron chi connectivity index (χ2n) is 5.96. The third kappa shape index (κ3) is 3.90. The van der Waals surface area contributed by atoms with Crippen molar-refractivity contribution < 1.29 is 17.9 Å². The van der Waals surface area contributed by atoms with E-state index in [1.54, 1.807) is 30.3 Å². The van der Waals surface area contributed by atoms with E-state index in [0.717, 1.165) is 16.1 Å². The number of sulfonamides is 1. The Bertz CT molecular complexity index is 979. The van der Waals surface area contributed by atoms with Crippen LogP contribution in [0.4, 0.5) is 11.4 Å². The fraction of sp³-hybridized carbons (Fsp3) is 0.235. The summed E-state index contributed by atoms with van der Waals surface area (Å²) in [5.41, 5.74) is 1.68. The molecule has 0 aliphatic carbocycles. The highest BCUT2D eigenvalue weighted by Gasteiger charge is 2.35. The van der Waals surface area contributed by atoms with Crippen LogP contribution in [0.3, 0.4) is 0 Å². The molecule has 1 atom stereocenters. The van der Waals surface area contributed by atoms with Crippen LogP contribution in [-0.2, 0) is 14.8 Å². The minimum Gasteiger partial charge on any atom is -0.476 e. The number of hydrogen-bond donors (Lipinski definition) is 1. The van der Waals surface area contributed by atoms with Gasteiger partial charge in [-0.15, -0.1) is 0 Å². The molecule has 1 N–H and O–H groups in total. The molecule has 9 heteroatoms. The fourth-order valence-electron chi connectivity index (χ4n) is 2.66. The van der Waals surface area contributed by atoms with E-state index >= 15 is 0 Å². The van der Waals surface area contributed by atoms with E-state index in [4.69, 9.17) is 27.9 Å². The molecule has 26 heavy (non-hydrogen) atoms. The van der Waals surface area contributed by atoms with Crippen LogP contribution in [0.15, 0.2) is 36.4 Å². The molecule has 0 aromatic heterocycles. The maximum absolute atomic E-state index is 12.6. The third-order valence-corrected chi connectivity index (χ3v) is 5.55. The third-order valence-electron chi connectivity index (χ3n) is 3.93. The second-order valence-corrected chi connectivity index (χ2v) is 8.74. The highest BCUT2D eigenvalue weighted by atomic mass is 35.5. The Kier molecular flexibility index (Phi) is 5.05. The molecule has 6 nitrogen and oxygen atoms in total. The number of hydrogen-bond acceptors (Lipinski definition) is 4. The second kappa shape index (κ2) is 6.98. The molecule has 0 spiro atoms. The highest BCUT2D eigenvalue weighted by Crippen LogP contribution is 2.37. The summed E-state index contributed by atoms with van der Waals surface area (Å²) < 4.78 is 31.1. The SMILES string of the molecule is Cc1cc(Cl)ccc1NC(=O)C1CN(S(C)(=O)=O)c2cc(Cl)ccc2O1. The first kappa shape index (κ1) is 18.8. The molecular formula is C17H16Cl2N2O4S. The Morgan fingerprint density at radius 2 is 1.85 bits per heavy atom. The summed E-state index contributed by atoms with van der Waals surface area (Å²) in [5.74, 6) is -0.177. The molecule has 0 saturated heterocycles. The lowest BCUT2D eigenvalue weighted by atomic mass is 10.1. The van der Waals surface area contributed by atoms with E-state index in [1.807, 2.05) is 6.92 Å². The Balaban J connectivity index is 1.89. The van der Waals surface area contributed by atoms with E-state index in [2.05, 4.69) is 5.32 Å². The van der Waals surface area contributed by atoms with Crippen molar-refractivity contribution in [1.29, 1.82) is 0 Å². The Labute approximate surface area is 161 Å². The quantitative estimate of drug-likeness (QED) is 0.833. The van der Waals surface area contributed by atoms with Crippen molar-refractivity contribution in [3.8, 4) is 5.75 Å². The molecule has 0 bridgehead atoms. The monoisotopic (exact) mass is 414 g/mol. The van der Waals surface area contributed by atoms with Gasteiger partial charge in [0, 0.05) is 15.7 Å². The largest absolute Gasteiger partial charge is 0.476 e. The van der Waals surface area contributed by atoms with Gasteiger partial charge in [-0.1, -0.05) is 23.2 Å². The number of benzene rings is 2. The van der Waals surface area contributed by atoms with Crippen LogP contribution in [0, 0.1) is 6.92 Å². The summed E-state index contributed by atoms with van der Waals surface area (Å²) in [4.78, 5) is 12.6. The maximum atomic E-state index is 12.6. The van der Waals surface area contributed by atoms with Crippen molar-refractivity contribution in [3.63, 3.8) is 0 Å². The first-order valence-corrected chi connectivity index (χ1v) is 10.3. The molecule has 1 heterocycles. The van der Waals surface area contributed by atoms with Gasteiger partial charge in [0.2, 0.25) is 10.0 Å². The maximum Gasteiger partial charge on any atom is 0.267 e. The molecule has 1 aliphatic rings. The van der Waals surface area contributed by atoms with Gasteiger partial charge in [-0.2, -0.15) is 0 Å². The summed E-state index contributed by atoms with van der Waals surface area (Å²) in [7, 11) is -3.61. The normalized spacial score (nSPS) is 16.6. The van der Waals surface area contributed by atoms with Crippen molar-refractivity contribution in [2.75, 3.05) is 22.4 Å². The standard InChI is InChI=1S/C17H16Cl2N2O4S/c1-10-7-11(18)3-5-13(10)20-17(22)16-9-21(26(2,23)24)14-8-12(19)4-6-15(14)25-16/h3-8,16H,9H2,1-2H3,(H,20,22). The van der Waals surface area contributed by atoms with Crippen LogP contribution in [0.2, 0.25) is 10.0 Å². The van der Waals surface area contributed by atoms with Crippen LogP contribution < -0.4 is 14.4 Å². The van der Waals surface area contributed by atoms with Crippen LogP contribution >= 0.6 is 23.2 Å². The lowest BCUT2D eigenvalue weighted by Crippen LogP contribution is -2.48. The van der Waals surface area contributed by atoms with Gasteiger partial charge in [0.05, 0.1) is 18.5 Å². The molecule has 0 saturated carbocycles. The van der Waals surface area contributed by atoms with Crippen molar-refractivity contribution in [2.45, 2.75) is 13.0 Å². The average molecular weight is 415 g/mol. The van der Waals surface area contributed by atoms with Crippen LogP contribution in [0.25, 0.3) is 0 Å². The molecule has 2 aromatic carbocycles. The number of fused-ring (bicyclic) bond motifs is 1. The first-order valence-electron chi connectivity index (χ1n) is 7.66. The zero-order chi connectivity index (χ0) is 19.1. The molecule has 138 valence electrons. The van der Waals surface area contributed by atoms with E-state index in [-0.39, 0.29) is 12.3 Å². The number of amides is 1. The number of halogens is 2. The van der Waals surface area contributed by atoms with Gasteiger partial charge < -0.3 is 10.1 Å². The van der Waals surface area contributed by atoms with Crippen molar-refractivity contribution in [2.24, 2.45) is 0 Å². The van der Waals surface area contributed by atoms with Gasteiger partial charge in [-0.05, 0) is 48.9 Å². The number of nitrogens with zero attached hydrogens (tertiary/aromatic N) is 1. The average Bonchev–Trinajstić information content (AvgIpc) is 2.55. The van der Waals surface area contributed by atoms with Crippen LogP contribution in [0.1, 0.15) is 5.56 Å². The summed E-state index contributed by atoms with van der Waals surface area (Å²) in [5, 5.41) is 3.69. The fourth-order valence-corrected chi connectivity index (χ4v) is 3.95. The molecule has 3 rings (SSSR count). The molecular weight excluding hydrogens is 399 g/mol. The van der Waals surface area contributed by atoms with Gasteiger partial charge >= 0.3 is 0 Å². The minimum absolute atomic E-state index is 0.148. The zero-order valence-electron chi connectivity index (χ0n) is 14.0. The summed E-state index contributed by atoms with van der Waals surface area (Å²) >= 11 is 11.9. The topological polar surface area (TPSA) is 75.7 Å². The van der Waals surface area contributed by atoms with Crippen LogP contribution in [-0.4, -0.2) is 33.2 Å². The Morgan fingerprint density at radius 3 is 2.50 bits per heavy atom. The molecule has 0 fully saturated rings. The van der Waals surface area contributed by atoms with Crippen LogP contribution in [0.5, 0.6) is 5.75 Å². The number of aryl methyl sites for hydroxylation is 1. The lowest BCUT2D eigenvalue weighted by Gasteiger charge is -2.34. The van der Waals surface area contributed by atoms with Crippen molar-refractivity contribution >= 4 is 50.5 Å². The number of anilines is 2. The van der Waals surface area contributed by atoms with E-state index in [1.165, 1.54) is 6.07 Å². The number of carbonyl (C=O) groups excluding carboxylic acids is 1.